The van der Waals surface area contributed by atoms with Crippen LogP contribution in [0.4, 0.5) is 0 Å². The zero-order valence-corrected chi connectivity index (χ0v) is 12.7. The second-order valence-corrected chi connectivity index (χ2v) is 6.41. The Morgan fingerprint density at radius 2 is 1.90 bits per heavy atom. The van der Waals surface area contributed by atoms with Crippen molar-refractivity contribution in [1.29, 1.82) is 0 Å². The Kier molecular flexibility index (Phi) is 3.98. The van der Waals surface area contributed by atoms with Crippen LogP contribution in [0.5, 0.6) is 0 Å². The lowest BCUT2D eigenvalue weighted by atomic mass is 9.87. The van der Waals surface area contributed by atoms with Gasteiger partial charge in [-0.05, 0) is 42.9 Å². The third-order valence-corrected chi connectivity index (χ3v) is 3.96. The van der Waals surface area contributed by atoms with Gasteiger partial charge in [0.2, 0.25) is 0 Å². The molecule has 20 heavy (non-hydrogen) atoms. The van der Waals surface area contributed by atoms with Crippen LogP contribution in [0.15, 0.2) is 18.2 Å². The molecule has 0 heterocycles. The molecule has 108 valence electrons. The van der Waals surface area contributed by atoms with Crippen LogP contribution in [-0.4, -0.2) is 18.9 Å². The number of ether oxygens (including phenoxy) is 1. The lowest BCUT2D eigenvalue weighted by Crippen LogP contribution is -2.29. The average molecular weight is 274 g/mol. The largest absolute Gasteiger partial charge is 0.469 e. The minimum absolute atomic E-state index is 0.175. The number of benzene rings is 1. The Morgan fingerprint density at radius 3 is 2.50 bits per heavy atom. The molecule has 3 heteroatoms. The van der Waals surface area contributed by atoms with E-state index >= 15 is 0 Å². The van der Waals surface area contributed by atoms with Gasteiger partial charge in [-0.2, -0.15) is 0 Å². The van der Waals surface area contributed by atoms with E-state index in [0.29, 0.717) is 25.2 Å². The van der Waals surface area contributed by atoms with Crippen LogP contribution in [0.3, 0.4) is 0 Å². The second kappa shape index (κ2) is 5.39. The highest BCUT2D eigenvalue weighted by Gasteiger charge is 2.40. The van der Waals surface area contributed by atoms with Crippen molar-refractivity contribution in [3.05, 3.63) is 34.9 Å². The number of hydrogen-bond acceptors (Lipinski definition) is 3. The van der Waals surface area contributed by atoms with Gasteiger partial charge in [0.1, 0.15) is 0 Å². The highest BCUT2D eigenvalue weighted by Crippen LogP contribution is 2.38. The van der Waals surface area contributed by atoms with E-state index in [-0.39, 0.29) is 11.8 Å². The number of rotatable bonds is 4. The third-order valence-electron chi connectivity index (χ3n) is 3.96. The number of carbonyl (C=O) groups excluding carboxylic acids is 2. The maximum atomic E-state index is 12.1. The molecule has 0 aliphatic heterocycles. The molecule has 0 amide bonds. The van der Waals surface area contributed by atoms with Crippen LogP contribution >= 0.6 is 0 Å². The van der Waals surface area contributed by atoms with Crippen molar-refractivity contribution in [2.24, 2.45) is 11.3 Å². The summed E-state index contributed by atoms with van der Waals surface area (Å²) >= 11 is 0. The normalized spacial score (nSPS) is 20.9. The summed E-state index contributed by atoms with van der Waals surface area (Å²) in [6.07, 6.45) is 1.90. The fourth-order valence-electron chi connectivity index (χ4n) is 2.92. The summed E-state index contributed by atoms with van der Waals surface area (Å²) in [5.74, 6) is 0.356. The van der Waals surface area contributed by atoms with E-state index in [2.05, 4.69) is 0 Å². The van der Waals surface area contributed by atoms with Crippen LogP contribution in [0, 0.1) is 11.3 Å². The molecule has 1 aromatic carbocycles. The number of fused-ring (bicyclic) bond motifs is 1. The molecule has 0 spiro atoms. The molecule has 0 radical (unpaired) electrons. The maximum Gasteiger partial charge on any atom is 0.312 e. The quantitative estimate of drug-likeness (QED) is 0.625. The summed E-state index contributed by atoms with van der Waals surface area (Å²) in [4.78, 5) is 24.0. The molecule has 1 unspecified atom stereocenters. The highest BCUT2D eigenvalue weighted by molar-refractivity contribution is 5.96. The molecule has 2 rings (SSSR count). The Bertz CT molecular complexity index is 545. The Labute approximate surface area is 120 Å². The van der Waals surface area contributed by atoms with Crippen molar-refractivity contribution < 1.29 is 14.3 Å². The lowest BCUT2D eigenvalue weighted by Gasteiger charge is -2.19. The summed E-state index contributed by atoms with van der Waals surface area (Å²) in [5.41, 5.74) is 2.52. The molecule has 1 aliphatic rings. The van der Waals surface area contributed by atoms with Crippen molar-refractivity contribution in [1.82, 2.24) is 0 Å². The van der Waals surface area contributed by atoms with Gasteiger partial charge in [-0.3, -0.25) is 9.59 Å². The van der Waals surface area contributed by atoms with Crippen LogP contribution in [-0.2, 0) is 22.4 Å². The molecule has 1 aliphatic carbocycles. The van der Waals surface area contributed by atoms with Gasteiger partial charge in [0, 0.05) is 12.0 Å². The predicted molar refractivity (Wildman–Crippen MR) is 77.8 cm³/mol. The maximum absolute atomic E-state index is 12.1. The monoisotopic (exact) mass is 274 g/mol. The summed E-state index contributed by atoms with van der Waals surface area (Å²) < 4.78 is 4.89. The van der Waals surface area contributed by atoms with Crippen LogP contribution in [0.25, 0.3) is 0 Å². The van der Waals surface area contributed by atoms with E-state index in [1.807, 2.05) is 39.0 Å². The molecule has 1 atom stereocenters. The van der Waals surface area contributed by atoms with E-state index in [1.165, 1.54) is 7.11 Å². The Balaban J connectivity index is 2.23. The summed E-state index contributed by atoms with van der Waals surface area (Å²) in [7, 11) is 1.42. The molecule has 3 nitrogen and oxygen atoms in total. The van der Waals surface area contributed by atoms with Crippen LogP contribution in [0.2, 0.25) is 0 Å². The molecular weight excluding hydrogens is 252 g/mol. The minimum Gasteiger partial charge on any atom is -0.469 e. The molecule has 0 bridgehead atoms. The highest BCUT2D eigenvalue weighted by atomic mass is 16.5. The van der Waals surface area contributed by atoms with Gasteiger partial charge in [0.25, 0.3) is 0 Å². The third kappa shape index (κ3) is 2.77. The van der Waals surface area contributed by atoms with Crippen molar-refractivity contribution in [2.75, 3.05) is 7.11 Å². The van der Waals surface area contributed by atoms with Gasteiger partial charge in [0.15, 0.2) is 5.78 Å². The number of hydrogen-bond donors (Lipinski definition) is 0. The molecule has 1 aromatic rings. The average Bonchev–Trinajstić information content (AvgIpc) is 2.73. The predicted octanol–water partition coefficient (Wildman–Crippen LogP) is 3.19. The summed E-state index contributed by atoms with van der Waals surface area (Å²) in [6.45, 7) is 6.01. The topological polar surface area (TPSA) is 43.4 Å². The van der Waals surface area contributed by atoms with Crippen molar-refractivity contribution in [2.45, 2.75) is 40.0 Å². The van der Waals surface area contributed by atoms with Gasteiger partial charge < -0.3 is 4.74 Å². The summed E-state index contributed by atoms with van der Waals surface area (Å²) in [5, 5.41) is 0. The number of esters is 1. The van der Waals surface area contributed by atoms with Crippen molar-refractivity contribution in [3.8, 4) is 0 Å². The van der Waals surface area contributed by atoms with E-state index in [4.69, 9.17) is 4.74 Å². The number of carbonyl (C=O) groups is 2. The molecule has 0 N–H and O–H groups in total. The Morgan fingerprint density at radius 1 is 1.25 bits per heavy atom. The van der Waals surface area contributed by atoms with E-state index in [9.17, 15) is 9.59 Å². The van der Waals surface area contributed by atoms with Gasteiger partial charge in [0.05, 0.1) is 12.5 Å². The number of Topliss-reactive ketones (excluding diaryl/α,β-unsaturated/α-hetero) is 1. The fourth-order valence-corrected chi connectivity index (χ4v) is 2.92. The van der Waals surface area contributed by atoms with E-state index < -0.39 is 5.41 Å². The lowest BCUT2D eigenvalue weighted by molar-refractivity contribution is -0.151. The number of methoxy groups -OCH3 is 1. The zero-order chi connectivity index (χ0) is 14.9. The fraction of sp³-hybridized carbons (Fsp3) is 0.529. The van der Waals surface area contributed by atoms with Crippen LogP contribution in [0.1, 0.15) is 48.7 Å². The van der Waals surface area contributed by atoms with E-state index in [0.717, 1.165) is 16.7 Å². The zero-order valence-electron chi connectivity index (χ0n) is 12.7. The van der Waals surface area contributed by atoms with Crippen LogP contribution < -0.4 is 0 Å². The molecule has 0 aromatic heterocycles. The first-order chi connectivity index (χ1) is 9.35. The molecule has 0 saturated heterocycles. The first-order valence-corrected chi connectivity index (χ1v) is 7.09. The van der Waals surface area contributed by atoms with Crippen molar-refractivity contribution >= 4 is 11.8 Å². The van der Waals surface area contributed by atoms with E-state index in [1.54, 1.807) is 0 Å². The minimum atomic E-state index is -0.489. The molecule has 0 fully saturated rings. The Hall–Kier alpha value is -1.64. The van der Waals surface area contributed by atoms with Gasteiger partial charge in [-0.1, -0.05) is 26.0 Å². The van der Waals surface area contributed by atoms with Crippen molar-refractivity contribution in [3.63, 3.8) is 0 Å². The first-order valence-electron chi connectivity index (χ1n) is 7.09. The SMILES string of the molecule is COC(=O)C1(C)Cc2ccc(C(=O)CC(C)C)cc2C1. The summed E-state index contributed by atoms with van der Waals surface area (Å²) in [6, 6.07) is 5.82. The van der Waals surface area contributed by atoms with Gasteiger partial charge in [-0.25, -0.2) is 0 Å². The smallest absolute Gasteiger partial charge is 0.312 e. The number of ketones is 1. The second-order valence-electron chi connectivity index (χ2n) is 6.41. The molecule has 0 saturated carbocycles. The molecular formula is C17H22O3. The van der Waals surface area contributed by atoms with Gasteiger partial charge in [-0.15, -0.1) is 0 Å². The first kappa shape index (κ1) is 14.8. The standard InChI is InChI=1S/C17H22O3/c1-11(2)7-15(18)12-5-6-13-9-17(3,16(19)20-4)10-14(13)8-12/h5-6,8,11H,7,9-10H2,1-4H3. The van der Waals surface area contributed by atoms with Gasteiger partial charge >= 0.3 is 5.97 Å².